The van der Waals surface area contributed by atoms with Crippen molar-refractivity contribution in [3.63, 3.8) is 0 Å². The Balaban J connectivity index is 2.03. The van der Waals surface area contributed by atoms with Crippen molar-refractivity contribution >= 4 is 51.0 Å². The summed E-state index contributed by atoms with van der Waals surface area (Å²) in [6, 6.07) is 12.2. The zero-order valence-corrected chi connectivity index (χ0v) is 16.1. The Morgan fingerprint density at radius 2 is 1.93 bits per heavy atom. The number of hydrogen-bond donors (Lipinski definition) is 1. The SMILES string of the molecule is CC(C)c1cccc2c(C(=O)O)cc(-c3cc4cc(Cl)cc(Cl)c4o3)nc12. The quantitative estimate of drug-likeness (QED) is 0.412. The van der Waals surface area contributed by atoms with Crippen molar-refractivity contribution < 1.29 is 14.3 Å². The molecule has 0 aliphatic carbocycles. The molecule has 4 rings (SSSR count). The van der Waals surface area contributed by atoms with Crippen LogP contribution < -0.4 is 0 Å². The van der Waals surface area contributed by atoms with Crippen molar-refractivity contribution in [1.82, 2.24) is 4.98 Å². The second kappa shape index (κ2) is 6.55. The van der Waals surface area contributed by atoms with Gasteiger partial charge in [0.15, 0.2) is 11.3 Å². The molecule has 0 saturated heterocycles. The molecular formula is C21H15Cl2NO3. The minimum absolute atomic E-state index is 0.182. The van der Waals surface area contributed by atoms with Gasteiger partial charge in [0.1, 0.15) is 5.69 Å². The molecule has 0 spiro atoms. The van der Waals surface area contributed by atoms with Gasteiger partial charge in [0.05, 0.1) is 16.1 Å². The average Bonchev–Trinajstić information content (AvgIpc) is 3.04. The number of hydrogen-bond acceptors (Lipinski definition) is 3. The zero-order valence-electron chi connectivity index (χ0n) is 14.6. The molecule has 0 aliphatic rings. The number of fused-ring (bicyclic) bond motifs is 2. The largest absolute Gasteiger partial charge is 0.478 e. The standard InChI is InChI=1S/C21H15Cl2NO3/c1-10(2)13-4-3-5-14-15(21(25)26)9-17(24-19(13)14)18-7-11-6-12(22)8-16(23)20(11)27-18/h3-10H,1-2H3,(H,25,26). The Morgan fingerprint density at radius 3 is 2.63 bits per heavy atom. The lowest BCUT2D eigenvalue weighted by atomic mass is 9.97. The summed E-state index contributed by atoms with van der Waals surface area (Å²) in [6.07, 6.45) is 0. The first-order valence-corrected chi connectivity index (χ1v) is 9.16. The highest BCUT2D eigenvalue weighted by molar-refractivity contribution is 6.38. The normalized spacial score (nSPS) is 11.6. The number of pyridine rings is 1. The Morgan fingerprint density at radius 1 is 1.15 bits per heavy atom. The fourth-order valence-corrected chi connectivity index (χ4v) is 3.79. The van der Waals surface area contributed by atoms with Crippen LogP contribution in [0.3, 0.4) is 0 Å². The van der Waals surface area contributed by atoms with E-state index in [-0.39, 0.29) is 11.5 Å². The van der Waals surface area contributed by atoms with Crippen molar-refractivity contribution in [3.05, 3.63) is 63.6 Å². The molecule has 0 amide bonds. The predicted octanol–water partition coefficient (Wildman–Crippen LogP) is 6.78. The lowest BCUT2D eigenvalue weighted by molar-refractivity contribution is 0.0699. The molecule has 27 heavy (non-hydrogen) atoms. The number of aromatic nitrogens is 1. The highest BCUT2D eigenvalue weighted by atomic mass is 35.5. The summed E-state index contributed by atoms with van der Waals surface area (Å²) in [6.45, 7) is 4.10. The van der Waals surface area contributed by atoms with E-state index in [1.807, 2.05) is 26.0 Å². The maximum absolute atomic E-state index is 11.9. The van der Waals surface area contributed by atoms with Gasteiger partial charge in [0, 0.05) is 15.8 Å². The number of carboxylic acid groups (broad SMARTS) is 1. The molecule has 0 unspecified atom stereocenters. The summed E-state index contributed by atoms with van der Waals surface area (Å²) in [5, 5.41) is 11.9. The van der Waals surface area contributed by atoms with Crippen LogP contribution in [-0.2, 0) is 0 Å². The number of rotatable bonds is 3. The van der Waals surface area contributed by atoms with Gasteiger partial charge in [-0.25, -0.2) is 9.78 Å². The molecule has 0 bridgehead atoms. The molecule has 0 atom stereocenters. The van der Waals surface area contributed by atoms with Crippen LogP contribution in [0.2, 0.25) is 10.0 Å². The molecule has 1 N–H and O–H groups in total. The predicted molar refractivity (Wildman–Crippen MR) is 108 cm³/mol. The fraction of sp³-hybridized carbons (Fsp3) is 0.143. The number of halogens is 2. The van der Waals surface area contributed by atoms with E-state index < -0.39 is 5.97 Å². The van der Waals surface area contributed by atoms with E-state index in [0.29, 0.717) is 38.0 Å². The van der Waals surface area contributed by atoms with Gasteiger partial charge in [-0.2, -0.15) is 0 Å². The number of nitrogens with zero attached hydrogens (tertiary/aromatic N) is 1. The Bertz CT molecular complexity index is 1210. The summed E-state index contributed by atoms with van der Waals surface area (Å²) < 4.78 is 5.88. The molecule has 6 heteroatoms. The van der Waals surface area contributed by atoms with Crippen LogP contribution in [0.25, 0.3) is 33.3 Å². The van der Waals surface area contributed by atoms with Crippen molar-refractivity contribution in [3.8, 4) is 11.5 Å². The molecule has 4 aromatic rings. The molecule has 0 radical (unpaired) electrons. The van der Waals surface area contributed by atoms with E-state index in [4.69, 9.17) is 32.6 Å². The zero-order chi connectivity index (χ0) is 19.3. The molecular weight excluding hydrogens is 385 g/mol. The number of carbonyl (C=O) groups is 1. The maximum atomic E-state index is 11.9. The molecule has 0 fully saturated rings. The molecule has 0 saturated carbocycles. The highest BCUT2D eigenvalue weighted by Gasteiger charge is 2.18. The Kier molecular flexibility index (Phi) is 4.33. The number of para-hydroxylation sites is 1. The van der Waals surface area contributed by atoms with E-state index in [1.54, 1.807) is 24.3 Å². The molecule has 2 aromatic heterocycles. The van der Waals surface area contributed by atoms with Crippen LogP contribution in [0.4, 0.5) is 0 Å². The number of aromatic carboxylic acids is 1. The Hall–Kier alpha value is -2.56. The molecule has 0 aliphatic heterocycles. The fourth-order valence-electron chi connectivity index (χ4n) is 3.24. The third-order valence-electron chi connectivity index (χ3n) is 4.51. The van der Waals surface area contributed by atoms with Crippen LogP contribution >= 0.6 is 23.2 Å². The van der Waals surface area contributed by atoms with E-state index in [2.05, 4.69) is 0 Å². The topological polar surface area (TPSA) is 63.3 Å². The van der Waals surface area contributed by atoms with Gasteiger partial charge in [-0.15, -0.1) is 0 Å². The number of furan rings is 1. The molecule has 2 heterocycles. The van der Waals surface area contributed by atoms with Crippen molar-refractivity contribution in [2.45, 2.75) is 19.8 Å². The lowest BCUT2D eigenvalue weighted by Gasteiger charge is -2.12. The minimum atomic E-state index is -1.01. The summed E-state index contributed by atoms with van der Waals surface area (Å²) in [4.78, 5) is 16.6. The molecule has 136 valence electrons. The van der Waals surface area contributed by atoms with Gasteiger partial charge in [-0.05, 0) is 35.7 Å². The first kappa shape index (κ1) is 17.8. The van der Waals surface area contributed by atoms with Gasteiger partial charge in [0.2, 0.25) is 0 Å². The van der Waals surface area contributed by atoms with Crippen LogP contribution in [0.5, 0.6) is 0 Å². The summed E-state index contributed by atoms with van der Waals surface area (Å²) in [7, 11) is 0. The third kappa shape index (κ3) is 3.05. The Labute approximate surface area is 165 Å². The number of carboxylic acids is 1. The smallest absolute Gasteiger partial charge is 0.336 e. The van der Waals surface area contributed by atoms with E-state index in [0.717, 1.165) is 10.9 Å². The van der Waals surface area contributed by atoms with E-state index >= 15 is 0 Å². The van der Waals surface area contributed by atoms with Gasteiger partial charge in [-0.3, -0.25) is 0 Å². The van der Waals surface area contributed by atoms with Gasteiger partial charge < -0.3 is 9.52 Å². The summed E-state index contributed by atoms with van der Waals surface area (Å²) in [5.41, 5.74) is 2.76. The van der Waals surface area contributed by atoms with Crippen molar-refractivity contribution in [1.29, 1.82) is 0 Å². The van der Waals surface area contributed by atoms with E-state index in [1.165, 1.54) is 6.07 Å². The molecule has 4 nitrogen and oxygen atoms in total. The van der Waals surface area contributed by atoms with Crippen molar-refractivity contribution in [2.24, 2.45) is 0 Å². The maximum Gasteiger partial charge on any atom is 0.336 e. The third-order valence-corrected chi connectivity index (χ3v) is 5.01. The first-order chi connectivity index (χ1) is 12.8. The van der Waals surface area contributed by atoms with Gasteiger partial charge in [0.25, 0.3) is 0 Å². The summed E-state index contributed by atoms with van der Waals surface area (Å²) >= 11 is 12.3. The second-order valence-corrected chi connectivity index (χ2v) is 7.52. The van der Waals surface area contributed by atoms with Crippen molar-refractivity contribution in [2.75, 3.05) is 0 Å². The second-order valence-electron chi connectivity index (χ2n) is 6.67. The summed E-state index contributed by atoms with van der Waals surface area (Å²) in [5.74, 6) is -0.374. The van der Waals surface area contributed by atoms with Gasteiger partial charge in [-0.1, -0.05) is 55.2 Å². The molecule has 2 aromatic carbocycles. The van der Waals surface area contributed by atoms with Crippen LogP contribution in [0.1, 0.15) is 35.7 Å². The first-order valence-electron chi connectivity index (χ1n) is 8.41. The van der Waals surface area contributed by atoms with Crippen LogP contribution in [0.15, 0.2) is 46.9 Å². The van der Waals surface area contributed by atoms with Crippen LogP contribution in [-0.4, -0.2) is 16.1 Å². The minimum Gasteiger partial charge on any atom is -0.478 e. The van der Waals surface area contributed by atoms with E-state index in [9.17, 15) is 9.90 Å². The average molecular weight is 400 g/mol. The van der Waals surface area contributed by atoms with Gasteiger partial charge >= 0.3 is 5.97 Å². The highest BCUT2D eigenvalue weighted by Crippen LogP contribution is 2.36. The monoisotopic (exact) mass is 399 g/mol. The lowest BCUT2D eigenvalue weighted by Crippen LogP contribution is -2.02. The van der Waals surface area contributed by atoms with Crippen LogP contribution in [0, 0.1) is 0 Å². The number of benzene rings is 2.